The molecule has 2 rings (SSSR count). The molecule has 0 N–H and O–H groups in total. The molecule has 0 aliphatic carbocycles. The predicted molar refractivity (Wildman–Crippen MR) is 65.7 cm³/mol. The fourth-order valence-electron chi connectivity index (χ4n) is 1.98. The molecule has 3 unspecified atom stereocenters. The van der Waals surface area contributed by atoms with Gasteiger partial charge in [-0.25, -0.2) is 0 Å². The molecule has 2 heterocycles. The number of hydrogen-bond acceptors (Lipinski definition) is 2. The number of ether oxygens (including phenoxy) is 1. The van der Waals surface area contributed by atoms with Gasteiger partial charge in [-0.05, 0) is 37.8 Å². The van der Waals surface area contributed by atoms with Crippen LogP contribution in [0, 0.1) is 0 Å². The molecule has 1 aliphatic heterocycles. The summed E-state index contributed by atoms with van der Waals surface area (Å²) >= 11 is 1.98. The first-order valence-corrected chi connectivity index (χ1v) is 6.76. The van der Waals surface area contributed by atoms with Crippen LogP contribution in [-0.4, -0.2) is 12.2 Å². The van der Waals surface area contributed by atoms with Gasteiger partial charge in [0.05, 0.1) is 12.2 Å². The maximum atomic E-state index is 5.47. The monoisotopic (exact) mass is 224 g/mol. The molecule has 2 heteroatoms. The second kappa shape index (κ2) is 4.67. The lowest BCUT2D eigenvalue weighted by molar-refractivity contribution is 0.363. The normalized spacial score (nSPS) is 26.6. The van der Waals surface area contributed by atoms with Gasteiger partial charge >= 0.3 is 0 Å². The van der Waals surface area contributed by atoms with E-state index in [9.17, 15) is 0 Å². The number of rotatable bonds is 5. The van der Waals surface area contributed by atoms with E-state index < -0.39 is 0 Å². The Morgan fingerprint density at radius 1 is 1.47 bits per heavy atom. The van der Waals surface area contributed by atoms with Gasteiger partial charge in [0.2, 0.25) is 0 Å². The highest BCUT2D eigenvalue weighted by Gasteiger charge is 2.35. The molecule has 0 radical (unpaired) electrons. The first-order chi connectivity index (χ1) is 7.20. The molecule has 1 saturated heterocycles. The van der Waals surface area contributed by atoms with E-state index in [4.69, 9.17) is 4.74 Å². The zero-order valence-electron chi connectivity index (χ0n) is 9.82. The Labute approximate surface area is 96.5 Å². The van der Waals surface area contributed by atoms with Crippen LogP contribution < -0.4 is 0 Å². The van der Waals surface area contributed by atoms with Gasteiger partial charge in [-0.15, -0.1) is 11.3 Å². The fourth-order valence-corrected chi connectivity index (χ4v) is 3.16. The van der Waals surface area contributed by atoms with Crippen LogP contribution in [0.2, 0.25) is 0 Å². The Balaban J connectivity index is 1.90. The van der Waals surface area contributed by atoms with Crippen molar-refractivity contribution in [3.63, 3.8) is 0 Å². The van der Waals surface area contributed by atoms with Crippen LogP contribution in [0.4, 0.5) is 0 Å². The van der Waals surface area contributed by atoms with Crippen LogP contribution in [0.15, 0.2) is 12.1 Å². The van der Waals surface area contributed by atoms with E-state index in [2.05, 4.69) is 32.9 Å². The van der Waals surface area contributed by atoms with Gasteiger partial charge in [0, 0.05) is 9.75 Å². The molecule has 1 aromatic heterocycles. The standard InChI is InChI=1S/C13H20OS/c1-4-5-11-6-7-13(15-11)9(2)8-12-10(3)14-12/h6-7,9-10,12H,4-5,8H2,1-3H3. The Bertz CT molecular complexity index is 318. The molecule has 0 spiro atoms. The SMILES string of the molecule is CCCc1ccc(C(C)CC2OC2C)s1. The molecule has 0 aromatic carbocycles. The van der Waals surface area contributed by atoms with E-state index in [1.54, 1.807) is 0 Å². The second-order valence-corrected chi connectivity index (χ2v) is 5.77. The lowest BCUT2D eigenvalue weighted by Crippen LogP contribution is -1.97. The van der Waals surface area contributed by atoms with Crippen molar-refractivity contribution in [3.8, 4) is 0 Å². The molecular weight excluding hydrogens is 204 g/mol. The van der Waals surface area contributed by atoms with Crippen molar-refractivity contribution in [1.82, 2.24) is 0 Å². The highest BCUT2D eigenvalue weighted by atomic mass is 32.1. The third-order valence-corrected chi connectivity index (χ3v) is 4.46. The van der Waals surface area contributed by atoms with Crippen LogP contribution >= 0.6 is 11.3 Å². The maximum Gasteiger partial charge on any atom is 0.0845 e. The molecule has 15 heavy (non-hydrogen) atoms. The average molecular weight is 224 g/mol. The van der Waals surface area contributed by atoms with Crippen molar-refractivity contribution in [2.75, 3.05) is 0 Å². The highest BCUT2D eigenvalue weighted by molar-refractivity contribution is 7.12. The smallest absolute Gasteiger partial charge is 0.0845 e. The highest BCUT2D eigenvalue weighted by Crippen LogP contribution is 2.35. The van der Waals surface area contributed by atoms with Gasteiger partial charge < -0.3 is 4.74 Å². The van der Waals surface area contributed by atoms with Gasteiger partial charge in [0.1, 0.15) is 0 Å². The minimum Gasteiger partial charge on any atom is -0.370 e. The van der Waals surface area contributed by atoms with Crippen molar-refractivity contribution in [2.24, 2.45) is 0 Å². The Hall–Kier alpha value is -0.340. The first kappa shape index (κ1) is 11.2. The summed E-state index contributed by atoms with van der Waals surface area (Å²) in [4.78, 5) is 3.06. The Morgan fingerprint density at radius 3 is 2.80 bits per heavy atom. The lowest BCUT2D eigenvalue weighted by Gasteiger charge is -2.06. The minimum absolute atomic E-state index is 0.502. The van der Waals surface area contributed by atoms with Crippen LogP contribution in [0.25, 0.3) is 0 Å². The summed E-state index contributed by atoms with van der Waals surface area (Å²) in [6.45, 7) is 6.72. The first-order valence-electron chi connectivity index (χ1n) is 5.94. The fraction of sp³-hybridized carbons (Fsp3) is 0.692. The van der Waals surface area contributed by atoms with Crippen LogP contribution in [0.5, 0.6) is 0 Å². The summed E-state index contributed by atoms with van der Waals surface area (Å²) in [6.07, 6.45) is 4.69. The molecule has 84 valence electrons. The van der Waals surface area contributed by atoms with Crippen molar-refractivity contribution < 1.29 is 4.74 Å². The molecule has 0 saturated carbocycles. The van der Waals surface area contributed by atoms with Gasteiger partial charge in [-0.3, -0.25) is 0 Å². The summed E-state index contributed by atoms with van der Waals surface area (Å²) in [5.41, 5.74) is 0. The third kappa shape index (κ3) is 2.82. The molecule has 1 nitrogen and oxygen atoms in total. The second-order valence-electron chi connectivity index (χ2n) is 4.57. The van der Waals surface area contributed by atoms with Crippen molar-refractivity contribution >= 4 is 11.3 Å². The summed E-state index contributed by atoms with van der Waals surface area (Å²) in [7, 11) is 0. The van der Waals surface area contributed by atoms with Gasteiger partial charge in [-0.2, -0.15) is 0 Å². The third-order valence-electron chi connectivity index (χ3n) is 3.09. The molecule has 1 aliphatic rings. The number of thiophene rings is 1. The number of hydrogen-bond donors (Lipinski definition) is 0. The van der Waals surface area contributed by atoms with E-state index in [0.29, 0.717) is 18.1 Å². The summed E-state index contributed by atoms with van der Waals surface area (Å²) in [6, 6.07) is 4.59. The number of aryl methyl sites for hydroxylation is 1. The van der Waals surface area contributed by atoms with Crippen LogP contribution in [0.3, 0.4) is 0 Å². The number of epoxide rings is 1. The summed E-state index contributed by atoms with van der Waals surface area (Å²) in [5, 5.41) is 0. The van der Waals surface area contributed by atoms with Gasteiger partial charge in [0.15, 0.2) is 0 Å². The van der Waals surface area contributed by atoms with Crippen molar-refractivity contribution in [1.29, 1.82) is 0 Å². The summed E-state index contributed by atoms with van der Waals surface area (Å²) in [5.74, 6) is 0.663. The topological polar surface area (TPSA) is 12.5 Å². The van der Waals surface area contributed by atoms with Crippen molar-refractivity contribution in [2.45, 2.75) is 58.2 Å². The largest absolute Gasteiger partial charge is 0.370 e. The van der Waals surface area contributed by atoms with Crippen LogP contribution in [-0.2, 0) is 11.2 Å². The zero-order valence-corrected chi connectivity index (χ0v) is 10.6. The Kier molecular flexibility index (Phi) is 3.47. The molecule has 0 bridgehead atoms. The average Bonchev–Trinajstić information content (AvgIpc) is 2.72. The maximum absolute atomic E-state index is 5.47. The van der Waals surface area contributed by atoms with E-state index in [0.717, 1.165) is 0 Å². The van der Waals surface area contributed by atoms with E-state index >= 15 is 0 Å². The lowest BCUT2D eigenvalue weighted by atomic mass is 10.0. The molecule has 3 atom stereocenters. The molecule has 1 aromatic rings. The van der Waals surface area contributed by atoms with Crippen LogP contribution in [0.1, 0.15) is 49.3 Å². The quantitative estimate of drug-likeness (QED) is 0.689. The van der Waals surface area contributed by atoms with Crippen molar-refractivity contribution in [3.05, 3.63) is 21.9 Å². The van der Waals surface area contributed by atoms with Gasteiger partial charge in [-0.1, -0.05) is 20.3 Å². The zero-order chi connectivity index (χ0) is 10.8. The van der Waals surface area contributed by atoms with E-state index in [1.165, 1.54) is 29.0 Å². The van der Waals surface area contributed by atoms with Gasteiger partial charge in [0.25, 0.3) is 0 Å². The molecule has 1 fully saturated rings. The minimum atomic E-state index is 0.502. The molecular formula is C13H20OS. The molecule has 0 amide bonds. The van der Waals surface area contributed by atoms with E-state index in [-0.39, 0.29) is 0 Å². The summed E-state index contributed by atoms with van der Waals surface area (Å²) < 4.78 is 5.47. The predicted octanol–water partition coefficient (Wildman–Crippen LogP) is 3.98. The van der Waals surface area contributed by atoms with E-state index in [1.807, 2.05) is 11.3 Å². The Morgan fingerprint density at radius 2 is 2.20 bits per heavy atom.